The van der Waals surface area contributed by atoms with Gasteiger partial charge >= 0.3 is 6.18 Å². The summed E-state index contributed by atoms with van der Waals surface area (Å²) in [6, 6.07) is 6.73. The highest BCUT2D eigenvalue weighted by Crippen LogP contribution is 2.30. The van der Waals surface area contributed by atoms with E-state index in [1.165, 1.54) is 13.1 Å². The van der Waals surface area contributed by atoms with Crippen molar-refractivity contribution in [2.45, 2.75) is 16.0 Å². The maximum atomic E-state index is 12.7. The standard InChI is InChI=1S/C18H17F3N6O4S2/c1-22-33(30,31)12-4-5-14(32(2,28)29)13(7-12)26-16-8-17(25-10-24-16)27-15-6-3-11(9-23-15)18(19,20)21/h3-10,22H,1-2H3,(H2,23,24,25,26,27). The van der Waals surface area contributed by atoms with Crippen molar-refractivity contribution in [3.63, 3.8) is 0 Å². The molecule has 3 aromatic rings. The predicted molar refractivity (Wildman–Crippen MR) is 114 cm³/mol. The molecule has 3 rings (SSSR count). The fourth-order valence-corrected chi connectivity index (χ4v) is 4.19. The number of hydrogen-bond donors (Lipinski definition) is 3. The van der Waals surface area contributed by atoms with E-state index >= 15 is 0 Å². The third-order valence-electron chi connectivity index (χ3n) is 4.21. The summed E-state index contributed by atoms with van der Waals surface area (Å²) < 4.78 is 88.7. The maximum Gasteiger partial charge on any atom is 0.417 e. The average Bonchev–Trinajstić information content (AvgIpc) is 2.73. The number of nitrogens with zero attached hydrogens (tertiary/aromatic N) is 3. The van der Waals surface area contributed by atoms with E-state index in [1.807, 2.05) is 0 Å². The van der Waals surface area contributed by atoms with Crippen molar-refractivity contribution >= 4 is 43.0 Å². The Morgan fingerprint density at radius 3 is 2.06 bits per heavy atom. The van der Waals surface area contributed by atoms with Crippen molar-refractivity contribution in [2.24, 2.45) is 0 Å². The first-order valence-corrected chi connectivity index (χ1v) is 12.3. The molecule has 176 valence electrons. The molecule has 0 fully saturated rings. The fraction of sp³-hybridized carbons (Fsp3) is 0.167. The van der Waals surface area contributed by atoms with E-state index in [2.05, 4.69) is 30.3 Å². The number of sulfonamides is 1. The van der Waals surface area contributed by atoms with Gasteiger partial charge in [0, 0.05) is 18.5 Å². The van der Waals surface area contributed by atoms with E-state index in [0.717, 1.165) is 42.9 Å². The Labute approximate surface area is 187 Å². The van der Waals surface area contributed by atoms with Crippen molar-refractivity contribution in [1.29, 1.82) is 0 Å². The molecule has 33 heavy (non-hydrogen) atoms. The van der Waals surface area contributed by atoms with Crippen LogP contribution in [0, 0.1) is 0 Å². The monoisotopic (exact) mass is 502 g/mol. The highest BCUT2D eigenvalue weighted by molar-refractivity contribution is 7.91. The number of rotatable bonds is 7. The number of hydrogen-bond acceptors (Lipinski definition) is 9. The molecule has 0 aliphatic rings. The van der Waals surface area contributed by atoms with Gasteiger partial charge in [0.05, 0.1) is 21.0 Å². The number of benzene rings is 1. The van der Waals surface area contributed by atoms with Crippen LogP contribution in [0.1, 0.15) is 5.56 Å². The summed E-state index contributed by atoms with van der Waals surface area (Å²) in [5.41, 5.74) is -0.964. The van der Waals surface area contributed by atoms with E-state index < -0.39 is 31.6 Å². The van der Waals surface area contributed by atoms with Crippen molar-refractivity contribution < 1.29 is 30.0 Å². The molecule has 0 spiro atoms. The molecule has 0 unspecified atom stereocenters. The summed E-state index contributed by atoms with van der Waals surface area (Å²) in [6.07, 6.45) is -1.79. The Hall–Kier alpha value is -3.30. The van der Waals surface area contributed by atoms with Crippen molar-refractivity contribution in [3.05, 3.63) is 54.5 Å². The predicted octanol–water partition coefficient (Wildman–Crippen LogP) is 2.69. The number of pyridine rings is 1. The van der Waals surface area contributed by atoms with Crippen molar-refractivity contribution in [2.75, 3.05) is 23.9 Å². The lowest BCUT2D eigenvalue weighted by atomic mass is 10.3. The van der Waals surface area contributed by atoms with Crippen LogP contribution in [-0.2, 0) is 26.0 Å². The fourth-order valence-electron chi connectivity index (χ4n) is 2.61. The van der Waals surface area contributed by atoms with Crippen LogP contribution in [0.5, 0.6) is 0 Å². The van der Waals surface area contributed by atoms with Crippen LogP contribution in [0.3, 0.4) is 0 Å². The summed E-state index contributed by atoms with van der Waals surface area (Å²) in [6.45, 7) is 0. The van der Waals surface area contributed by atoms with Crippen LogP contribution in [0.2, 0.25) is 0 Å². The normalized spacial score (nSPS) is 12.4. The highest BCUT2D eigenvalue weighted by atomic mass is 32.2. The minimum Gasteiger partial charge on any atom is -0.339 e. The summed E-state index contributed by atoms with van der Waals surface area (Å²) >= 11 is 0. The Bertz CT molecular complexity index is 1380. The molecule has 0 saturated carbocycles. The van der Waals surface area contributed by atoms with Gasteiger partial charge in [0.15, 0.2) is 9.84 Å². The SMILES string of the molecule is CNS(=O)(=O)c1ccc(S(C)(=O)=O)c(Nc2cc(Nc3ccc(C(F)(F)F)cn3)ncn2)c1. The molecule has 3 N–H and O–H groups in total. The van der Waals surface area contributed by atoms with Gasteiger partial charge < -0.3 is 10.6 Å². The third-order valence-corrected chi connectivity index (χ3v) is 6.77. The summed E-state index contributed by atoms with van der Waals surface area (Å²) in [5, 5.41) is 5.44. The zero-order valence-corrected chi connectivity index (χ0v) is 18.7. The number of anilines is 4. The summed E-state index contributed by atoms with van der Waals surface area (Å²) in [5.74, 6) is 0.301. The van der Waals surface area contributed by atoms with Crippen molar-refractivity contribution in [1.82, 2.24) is 19.7 Å². The number of halogens is 3. The molecule has 0 bridgehead atoms. The minimum absolute atomic E-state index is 0.0499. The van der Waals surface area contributed by atoms with Gasteiger partial charge in [-0.15, -0.1) is 0 Å². The van der Waals surface area contributed by atoms with E-state index in [-0.39, 0.29) is 32.9 Å². The summed E-state index contributed by atoms with van der Waals surface area (Å²) in [4.78, 5) is 11.2. The minimum atomic E-state index is -4.52. The maximum absolute atomic E-state index is 12.7. The third kappa shape index (κ3) is 5.94. The van der Waals surface area contributed by atoms with Gasteiger partial charge in [-0.05, 0) is 37.4 Å². The van der Waals surface area contributed by atoms with Crippen LogP contribution >= 0.6 is 0 Å². The topological polar surface area (TPSA) is 143 Å². The van der Waals surface area contributed by atoms with Crippen LogP contribution < -0.4 is 15.4 Å². The molecule has 0 amide bonds. The average molecular weight is 503 g/mol. The molecule has 0 saturated heterocycles. The first-order chi connectivity index (χ1) is 15.3. The molecule has 2 aromatic heterocycles. The smallest absolute Gasteiger partial charge is 0.339 e. The number of nitrogens with one attached hydrogen (secondary N) is 3. The van der Waals surface area contributed by atoms with Gasteiger partial charge in [-0.1, -0.05) is 0 Å². The number of aromatic nitrogens is 3. The first kappa shape index (κ1) is 24.3. The molecule has 0 aliphatic carbocycles. The lowest BCUT2D eigenvalue weighted by molar-refractivity contribution is -0.137. The lowest BCUT2D eigenvalue weighted by Gasteiger charge is -2.13. The van der Waals surface area contributed by atoms with Gasteiger partial charge in [0.1, 0.15) is 23.8 Å². The second-order valence-corrected chi connectivity index (χ2v) is 10.5. The Balaban J connectivity index is 1.92. The van der Waals surface area contributed by atoms with Crippen LogP contribution in [0.15, 0.2) is 58.7 Å². The van der Waals surface area contributed by atoms with Gasteiger partial charge in [0.2, 0.25) is 10.0 Å². The molecule has 2 heterocycles. The second kappa shape index (κ2) is 8.92. The molecule has 15 heteroatoms. The molecule has 0 atom stereocenters. The Morgan fingerprint density at radius 1 is 0.848 bits per heavy atom. The molecular formula is C18H17F3N6O4S2. The lowest BCUT2D eigenvalue weighted by Crippen LogP contribution is -2.19. The van der Waals surface area contributed by atoms with Gasteiger partial charge in [-0.3, -0.25) is 0 Å². The van der Waals surface area contributed by atoms with Crippen LogP contribution in [-0.4, -0.2) is 45.1 Å². The van der Waals surface area contributed by atoms with E-state index in [9.17, 15) is 30.0 Å². The largest absolute Gasteiger partial charge is 0.417 e. The molecule has 0 aliphatic heterocycles. The van der Waals surface area contributed by atoms with Gasteiger partial charge in [-0.25, -0.2) is 36.5 Å². The zero-order valence-electron chi connectivity index (χ0n) is 17.0. The number of sulfone groups is 1. The quantitative estimate of drug-likeness (QED) is 0.444. The van der Waals surface area contributed by atoms with Crippen LogP contribution in [0.25, 0.3) is 0 Å². The number of alkyl halides is 3. The molecule has 10 nitrogen and oxygen atoms in total. The Kier molecular flexibility index (Phi) is 6.58. The second-order valence-electron chi connectivity index (χ2n) is 6.61. The van der Waals surface area contributed by atoms with Gasteiger partial charge in [0.25, 0.3) is 0 Å². The van der Waals surface area contributed by atoms with E-state index in [1.54, 1.807) is 0 Å². The molecule has 1 aromatic carbocycles. The zero-order chi connectivity index (χ0) is 24.4. The van der Waals surface area contributed by atoms with E-state index in [0.29, 0.717) is 6.20 Å². The van der Waals surface area contributed by atoms with E-state index in [4.69, 9.17) is 0 Å². The first-order valence-electron chi connectivity index (χ1n) is 8.96. The highest BCUT2D eigenvalue weighted by Gasteiger charge is 2.30. The van der Waals surface area contributed by atoms with Crippen molar-refractivity contribution in [3.8, 4) is 0 Å². The molecule has 0 radical (unpaired) electrons. The summed E-state index contributed by atoms with van der Waals surface area (Å²) in [7, 11) is -6.38. The Morgan fingerprint density at radius 2 is 1.52 bits per heavy atom. The van der Waals surface area contributed by atoms with Gasteiger partial charge in [-0.2, -0.15) is 13.2 Å². The molecular weight excluding hydrogens is 485 g/mol. The van der Waals surface area contributed by atoms with Crippen LogP contribution in [0.4, 0.5) is 36.3 Å².